The second-order valence-electron chi connectivity index (χ2n) is 6.17. The van der Waals surface area contributed by atoms with E-state index in [0.717, 1.165) is 28.3 Å². The zero-order valence-corrected chi connectivity index (χ0v) is 15.9. The van der Waals surface area contributed by atoms with Crippen molar-refractivity contribution >= 4 is 23.2 Å². The number of amides is 1. The number of nitrogens with one attached hydrogen (secondary N) is 1. The van der Waals surface area contributed by atoms with Crippen LogP contribution < -0.4 is 10.1 Å². The molecular weight excluding hydrogens is 366 g/mol. The first-order valence-corrected chi connectivity index (χ1v) is 8.93. The molecule has 3 aromatic rings. The number of tetrazole rings is 1. The summed E-state index contributed by atoms with van der Waals surface area (Å²) in [7, 11) is 0. The van der Waals surface area contributed by atoms with Crippen LogP contribution in [0.4, 0.5) is 5.69 Å². The highest BCUT2D eigenvalue weighted by Gasteiger charge is 2.07. The molecule has 7 nitrogen and oxygen atoms in total. The van der Waals surface area contributed by atoms with E-state index in [0.29, 0.717) is 24.5 Å². The molecule has 0 spiro atoms. The second kappa shape index (κ2) is 8.64. The van der Waals surface area contributed by atoms with Crippen LogP contribution in [0.5, 0.6) is 5.75 Å². The normalized spacial score (nSPS) is 10.6. The molecule has 1 heterocycles. The van der Waals surface area contributed by atoms with Crippen LogP contribution in [-0.2, 0) is 4.79 Å². The molecule has 2 aromatic carbocycles. The number of aryl methyl sites for hydroxylation is 2. The van der Waals surface area contributed by atoms with Crippen LogP contribution in [0.25, 0.3) is 5.69 Å². The molecule has 0 fully saturated rings. The van der Waals surface area contributed by atoms with Crippen LogP contribution in [0.1, 0.15) is 24.0 Å². The summed E-state index contributed by atoms with van der Waals surface area (Å²) in [6, 6.07) is 11.1. The maximum atomic E-state index is 12.1. The topological polar surface area (TPSA) is 81.9 Å². The highest BCUT2D eigenvalue weighted by atomic mass is 35.5. The van der Waals surface area contributed by atoms with Crippen molar-refractivity contribution in [3.05, 3.63) is 58.9 Å². The fraction of sp³-hybridized carbons (Fsp3) is 0.263. The minimum atomic E-state index is -0.0546. The largest absolute Gasteiger partial charge is 0.493 e. The van der Waals surface area contributed by atoms with Gasteiger partial charge >= 0.3 is 0 Å². The number of nitrogens with zero attached hydrogens (tertiary/aromatic N) is 4. The van der Waals surface area contributed by atoms with E-state index in [2.05, 4.69) is 20.8 Å². The lowest BCUT2D eigenvalue weighted by Crippen LogP contribution is -2.13. The predicted octanol–water partition coefficient (Wildman–Crippen LogP) is 3.73. The van der Waals surface area contributed by atoms with Crippen LogP contribution >= 0.6 is 11.6 Å². The molecule has 0 aliphatic heterocycles. The van der Waals surface area contributed by atoms with E-state index in [1.54, 1.807) is 10.7 Å². The Balaban J connectivity index is 1.47. The highest BCUT2D eigenvalue weighted by molar-refractivity contribution is 6.30. The molecule has 140 valence electrons. The van der Waals surface area contributed by atoms with Crippen LogP contribution in [0.3, 0.4) is 0 Å². The van der Waals surface area contributed by atoms with Crippen molar-refractivity contribution in [1.29, 1.82) is 0 Å². The summed E-state index contributed by atoms with van der Waals surface area (Å²) in [6.45, 7) is 4.34. The van der Waals surface area contributed by atoms with Crippen molar-refractivity contribution in [3.8, 4) is 11.4 Å². The number of hydrogen-bond acceptors (Lipinski definition) is 5. The summed E-state index contributed by atoms with van der Waals surface area (Å²) in [4.78, 5) is 12.1. The first kappa shape index (κ1) is 18.8. The number of carbonyl (C=O) groups is 1. The van der Waals surface area contributed by atoms with Gasteiger partial charge in [0.2, 0.25) is 5.91 Å². The molecule has 1 aromatic heterocycles. The van der Waals surface area contributed by atoms with Gasteiger partial charge in [0, 0.05) is 17.1 Å². The van der Waals surface area contributed by atoms with Gasteiger partial charge in [-0.25, -0.2) is 4.68 Å². The van der Waals surface area contributed by atoms with Gasteiger partial charge in [-0.05, 0) is 78.2 Å². The van der Waals surface area contributed by atoms with Gasteiger partial charge in [0.15, 0.2) is 0 Å². The van der Waals surface area contributed by atoms with Gasteiger partial charge in [-0.2, -0.15) is 0 Å². The van der Waals surface area contributed by atoms with Crippen LogP contribution in [-0.4, -0.2) is 32.7 Å². The Hall–Kier alpha value is -2.93. The Kier molecular flexibility index (Phi) is 6.03. The van der Waals surface area contributed by atoms with Gasteiger partial charge in [-0.1, -0.05) is 11.6 Å². The van der Waals surface area contributed by atoms with Crippen LogP contribution in [0, 0.1) is 13.8 Å². The summed E-state index contributed by atoms with van der Waals surface area (Å²) in [6.07, 6.45) is 2.53. The van der Waals surface area contributed by atoms with Crippen molar-refractivity contribution < 1.29 is 9.53 Å². The Labute approximate surface area is 162 Å². The minimum Gasteiger partial charge on any atom is -0.493 e. The van der Waals surface area contributed by atoms with Gasteiger partial charge in [0.05, 0.1) is 12.3 Å². The molecule has 0 aliphatic carbocycles. The first-order chi connectivity index (χ1) is 13.0. The lowest BCUT2D eigenvalue weighted by Gasteiger charge is -2.10. The number of ether oxygens (including phenoxy) is 1. The molecular formula is C19H20ClN5O2. The van der Waals surface area contributed by atoms with E-state index in [-0.39, 0.29) is 5.91 Å². The maximum absolute atomic E-state index is 12.1. The van der Waals surface area contributed by atoms with E-state index in [1.165, 1.54) is 6.33 Å². The quantitative estimate of drug-likeness (QED) is 0.626. The number of rotatable bonds is 7. The SMILES string of the molecule is Cc1cc(Cl)ccc1OCCCC(=O)Nc1ccc(-n2cnnn2)c(C)c1. The third-order valence-electron chi connectivity index (χ3n) is 4.02. The Morgan fingerprint density at radius 1 is 1.19 bits per heavy atom. The minimum absolute atomic E-state index is 0.0546. The number of aromatic nitrogens is 4. The molecule has 0 aliphatic rings. The van der Waals surface area contributed by atoms with Crippen molar-refractivity contribution in [2.75, 3.05) is 11.9 Å². The molecule has 0 saturated heterocycles. The Morgan fingerprint density at radius 2 is 2.04 bits per heavy atom. The lowest BCUT2D eigenvalue weighted by molar-refractivity contribution is -0.116. The van der Waals surface area contributed by atoms with Gasteiger partial charge in [0.25, 0.3) is 0 Å². The smallest absolute Gasteiger partial charge is 0.224 e. The fourth-order valence-electron chi connectivity index (χ4n) is 2.68. The van der Waals surface area contributed by atoms with E-state index in [4.69, 9.17) is 16.3 Å². The monoisotopic (exact) mass is 385 g/mol. The summed E-state index contributed by atoms with van der Waals surface area (Å²) in [5.41, 5.74) is 3.54. The number of carbonyl (C=O) groups excluding carboxylic acids is 1. The third kappa shape index (κ3) is 5.04. The van der Waals surface area contributed by atoms with Crippen molar-refractivity contribution in [2.24, 2.45) is 0 Å². The average molecular weight is 386 g/mol. The summed E-state index contributed by atoms with van der Waals surface area (Å²) >= 11 is 5.93. The summed E-state index contributed by atoms with van der Waals surface area (Å²) in [5.74, 6) is 0.731. The Bertz CT molecular complexity index is 928. The third-order valence-corrected chi connectivity index (χ3v) is 4.25. The lowest BCUT2D eigenvalue weighted by atomic mass is 10.1. The zero-order chi connectivity index (χ0) is 19.2. The molecule has 0 radical (unpaired) electrons. The fourth-order valence-corrected chi connectivity index (χ4v) is 2.90. The summed E-state index contributed by atoms with van der Waals surface area (Å²) < 4.78 is 7.29. The van der Waals surface area contributed by atoms with Gasteiger partial charge in [-0.3, -0.25) is 4.79 Å². The summed E-state index contributed by atoms with van der Waals surface area (Å²) in [5, 5.41) is 14.7. The van der Waals surface area contributed by atoms with Crippen molar-refractivity contribution in [2.45, 2.75) is 26.7 Å². The molecule has 1 amide bonds. The van der Waals surface area contributed by atoms with E-state index < -0.39 is 0 Å². The number of halogens is 1. The first-order valence-electron chi connectivity index (χ1n) is 8.56. The predicted molar refractivity (Wildman–Crippen MR) is 103 cm³/mol. The van der Waals surface area contributed by atoms with Gasteiger partial charge in [0.1, 0.15) is 12.1 Å². The van der Waals surface area contributed by atoms with Crippen molar-refractivity contribution in [1.82, 2.24) is 20.2 Å². The van der Waals surface area contributed by atoms with E-state index in [1.807, 2.05) is 44.2 Å². The average Bonchev–Trinajstić information content (AvgIpc) is 3.14. The molecule has 3 rings (SSSR count). The molecule has 0 bridgehead atoms. The number of benzene rings is 2. The number of anilines is 1. The zero-order valence-electron chi connectivity index (χ0n) is 15.1. The van der Waals surface area contributed by atoms with Crippen LogP contribution in [0.15, 0.2) is 42.7 Å². The molecule has 0 unspecified atom stereocenters. The molecule has 27 heavy (non-hydrogen) atoms. The molecule has 1 N–H and O–H groups in total. The van der Waals surface area contributed by atoms with Gasteiger partial charge < -0.3 is 10.1 Å². The second-order valence-corrected chi connectivity index (χ2v) is 6.60. The van der Waals surface area contributed by atoms with E-state index in [9.17, 15) is 4.79 Å². The molecule has 8 heteroatoms. The highest BCUT2D eigenvalue weighted by Crippen LogP contribution is 2.22. The molecule has 0 saturated carbocycles. The van der Waals surface area contributed by atoms with Crippen LogP contribution in [0.2, 0.25) is 5.02 Å². The van der Waals surface area contributed by atoms with Gasteiger partial charge in [-0.15, -0.1) is 5.10 Å². The van der Waals surface area contributed by atoms with E-state index >= 15 is 0 Å². The Morgan fingerprint density at radius 3 is 2.74 bits per heavy atom. The van der Waals surface area contributed by atoms with Crippen molar-refractivity contribution in [3.63, 3.8) is 0 Å². The number of hydrogen-bond donors (Lipinski definition) is 1. The molecule has 0 atom stereocenters. The standard InChI is InChI=1S/C19H20ClN5O2/c1-13-11-16(6-7-17(13)25-12-21-23-24-25)22-19(26)4-3-9-27-18-8-5-15(20)10-14(18)2/h5-8,10-12H,3-4,9H2,1-2H3,(H,22,26). The maximum Gasteiger partial charge on any atom is 0.224 e.